The fourth-order valence-corrected chi connectivity index (χ4v) is 1.84. The largest absolute Gasteiger partial charge is 0.478 e. The Morgan fingerprint density at radius 3 is 2.82 bits per heavy atom. The first kappa shape index (κ1) is 11.5. The molecule has 0 aliphatic rings. The van der Waals surface area contributed by atoms with Gasteiger partial charge in [0, 0.05) is 0 Å². The number of fused-ring (bicyclic) bond motifs is 1. The van der Waals surface area contributed by atoms with Crippen LogP contribution >= 0.6 is 0 Å². The first-order valence-corrected chi connectivity index (χ1v) is 4.98. The second-order valence-corrected chi connectivity index (χ2v) is 3.64. The lowest BCUT2D eigenvalue weighted by Crippen LogP contribution is -2.10. The zero-order valence-corrected chi connectivity index (χ0v) is 9.02. The van der Waals surface area contributed by atoms with Crippen molar-refractivity contribution in [2.45, 2.75) is 19.9 Å². The highest BCUT2D eigenvalue weighted by Crippen LogP contribution is 2.21. The second-order valence-electron chi connectivity index (χ2n) is 3.64. The molecule has 2 rings (SSSR count). The molecular formula is C11H10F2N2O2. The monoisotopic (exact) mass is 240 g/mol. The van der Waals surface area contributed by atoms with Gasteiger partial charge in [-0.3, -0.25) is 0 Å². The lowest BCUT2D eigenvalue weighted by molar-refractivity contribution is 0.0697. The van der Waals surface area contributed by atoms with Gasteiger partial charge in [0.2, 0.25) is 0 Å². The molecule has 2 aromatic rings. The maximum absolute atomic E-state index is 12.4. The molecule has 0 atom stereocenters. The van der Waals surface area contributed by atoms with Crippen molar-refractivity contribution in [1.82, 2.24) is 9.55 Å². The van der Waals surface area contributed by atoms with Gasteiger partial charge in [-0.05, 0) is 19.1 Å². The molecule has 90 valence electrons. The van der Waals surface area contributed by atoms with Gasteiger partial charge in [-0.1, -0.05) is 6.07 Å². The van der Waals surface area contributed by atoms with Crippen LogP contribution in [0.1, 0.15) is 16.2 Å². The van der Waals surface area contributed by atoms with Gasteiger partial charge >= 0.3 is 5.97 Å². The fraction of sp³-hybridized carbons (Fsp3) is 0.273. The number of aromatic nitrogens is 2. The number of carboxylic acids is 1. The van der Waals surface area contributed by atoms with E-state index < -0.39 is 18.9 Å². The zero-order chi connectivity index (χ0) is 12.6. The van der Waals surface area contributed by atoms with Crippen molar-refractivity contribution in [3.05, 3.63) is 29.6 Å². The van der Waals surface area contributed by atoms with Gasteiger partial charge in [0.05, 0.1) is 23.1 Å². The number of rotatable bonds is 3. The molecule has 0 unspecified atom stereocenters. The first-order chi connectivity index (χ1) is 8.00. The highest BCUT2D eigenvalue weighted by atomic mass is 19.3. The Bertz CT molecular complexity index is 578. The molecular weight excluding hydrogens is 230 g/mol. The Kier molecular flexibility index (Phi) is 2.79. The van der Waals surface area contributed by atoms with Crippen LogP contribution in [-0.2, 0) is 6.54 Å². The molecule has 0 saturated heterocycles. The predicted octanol–water partition coefficient (Wildman–Crippen LogP) is 2.31. The molecule has 0 spiro atoms. The van der Waals surface area contributed by atoms with E-state index in [2.05, 4.69) is 4.98 Å². The number of nitrogens with zero attached hydrogens (tertiary/aromatic N) is 2. The summed E-state index contributed by atoms with van der Waals surface area (Å²) >= 11 is 0. The van der Waals surface area contributed by atoms with Crippen molar-refractivity contribution < 1.29 is 18.7 Å². The molecule has 0 radical (unpaired) electrons. The van der Waals surface area contributed by atoms with E-state index in [4.69, 9.17) is 5.11 Å². The first-order valence-electron chi connectivity index (χ1n) is 4.98. The van der Waals surface area contributed by atoms with E-state index >= 15 is 0 Å². The van der Waals surface area contributed by atoms with E-state index in [-0.39, 0.29) is 11.1 Å². The summed E-state index contributed by atoms with van der Waals surface area (Å²) in [6.07, 6.45) is -2.55. The van der Waals surface area contributed by atoms with Gasteiger partial charge < -0.3 is 9.67 Å². The SMILES string of the molecule is Cc1nc2cccc(C(=O)O)c2n1CC(F)F. The summed E-state index contributed by atoms with van der Waals surface area (Å²) in [6, 6.07) is 4.54. The normalized spacial score (nSPS) is 11.3. The Hall–Kier alpha value is -1.98. The van der Waals surface area contributed by atoms with Crippen molar-refractivity contribution in [1.29, 1.82) is 0 Å². The fourth-order valence-electron chi connectivity index (χ4n) is 1.84. The Labute approximate surface area is 95.5 Å². The zero-order valence-electron chi connectivity index (χ0n) is 9.02. The van der Waals surface area contributed by atoms with Crippen LogP contribution < -0.4 is 0 Å². The van der Waals surface area contributed by atoms with Crippen molar-refractivity contribution in [3.63, 3.8) is 0 Å². The van der Waals surface area contributed by atoms with Crippen molar-refractivity contribution in [3.8, 4) is 0 Å². The van der Waals surface area contributed by atoms with E-state index in [0.29, 0.717) is 11.3 Å². The van der Waals surface area contributed by atoms with E-state index in [1.54, 1.807) is 19.1 Å². The highest BCUT2D eigenvalue weighted by molar-refractivity contribution is 6.01. The number of carbonyl (C=O) groups is 1. The molecule has 0 amide bonds. The highest BCUT2D eigenvalue weighted by Gasteiger charge is 2.17. The molecule has 1 aromatic heterocycles. The summed E-state index contributed by atoms with van der Waals surface area (Å²) < 4.78 is 26.1. The number of aryl methyl sites for hydroxylation is 1. The minimum Gasteiger partial charge on any atom is -0.478 e. The van der Waals surface area contributed by atoms with Crippen LogP contribution in [0.15, 0.2) is 18.2 Å². The molecule has 0 bridgehead atoms. The molecule has 6 heteroatoms. The summed E-state index contributed by atoms with van der Waals surface area (Å²) in [4.78, 5) is 15.1. The molecule has 0 aliphatic carbocycles. The maximum atomic E-state index is 12.4. The number of hydrogen-bond acceptors (Lipinski definition) is 2. The molecule has 0 fully saturated rings. The van der Waals surface area contributed by atoms with Gasteiger partial charge in [0.25, 0.3) is 6.43 Å². The standard InChI is InChI=1S/C11H10F2N2O2/c1-6-14-8-4-2-3-7(11(16)17)10(8)15(6)5-9(12)13/h2-4,9H,5H2,1H3,(H,16,17). The minimum atomic E-state index is -2.55. The topological polar surface area (TPSA) is 55.1 Å². The molecule has 17 heavy (non-hydrogen) atoms. The van der Waals surface area contributed by atoms with Crippen LogP contribution in [0.2, 0.25) is 0 Å². The van der Waals surface area contributed by atoms with Crippen LogP contribution in [0, 0.1) is 6.92 Å². The van der Waals surface area contributed by atoms with E-state index in [9.17, 15) is 13.6 Å². The number of benzene rings is 1. The Morgan fingerprint density at radius 1 is 1.53 bits per heavy atom. The van der Waals surface area contributed by atoms with Crippen LogP contribution in [0.25, 0.3) is 11.0 Å². The maximum Gasteiger partial charge on any atom is 0.337 e. The predicted molar refractivity (Wildman–Crippen MR) is 57.4 cm³/mol. The second kappa shape index (κ2) is 4.12. The smallest absolute Gasteiger partial charge is 0.337 e. The number of hydrogen-bond donors (Lipinski definition) is 1. The van der Waals surface area contributed by atoms with E-state index in [0.717, 1.165) is 0 Å². The van der Waals surface area contributed by atoms with Crippen molar-refractivity contribution >= 4 is 17.0 Å². The van der Waals surface area contributed by atoms with Gasteiger partial charge in [-0.25, -0.2) is 18.6 Å². The van der Waals surface area contributed by atoms with Gasteiger partial charge in [-0.15, -0.1) is 0 Å². The van der Waals surface area contributed by atoms with Gasteiger partial charge in [0.15, 0.2) is 0 Å². The number of halogens is 2. The third kappa shape index (κ3) is 1.98. The number of alkyl halides is 2. The molecule has 0 saturated carbocycles. The Balaban J connectivity index is 2.72. The lowest BCUT2D eigenvalue weighted by Gasteiger charge is -2.07. The summed E-state index contributed by atoms with van der Waals surface area (Å²) in [5.41, 5.74) is 0.657. The van der Waals surface area contributed by atoms with Crippen LogP contribution in [-0.4, -0.2) is 27.1 Å². The third-order valence-corrected chi connectivity index (χ3v) is 2.51. The number of para-hydroxylation sites is 1. The van der Waals surface area contributed by atoms with Gasteiger partial charge in [-0.2, -0.15) is 0 Å². The Morgan fingerprint density at radius 2 is 2.24 bits per heavy atom. The van der Waals surface area contributed by atoms with Crippen molar-refractivity contribution in [2.75, 3.05) is 0 Å². The molecule has 0 aliphatic heterocycles. The number of imidazole rings is 1. The molecule has 1 aromatic carbocycles. The third-order valence-electron chi connectivity index (χ3n) is 2.51. The average molecular weight is 240 g/mol. The van der Waals surface area contributed by atoms with Crippen molar-refractivity contribution in [2.24, 2.45) is 0 Å². The molecule has 1 heterocycles. The van der Waals surface area contributed by atoms with E-state index in [1.165, 1.54) is 10.6 Å². The van der Waals surface area contributed by atoms with E-state index in [1.807, 2.05) is 0 Å². The number of aromatic carboxylic acids is 1. The summed E-state index contributed by atoms with van der Waals surface area (Å²) in [5.74, 6) is -0.764. The van der Waals surface area contributed by atoms with Gasteiger partial charge in [0.1, 0.15) is 5.82 Å². The lowest BCUT2D eigenvalue weighted by atomic mass is 10.2. The molecule has 1 N–H and O–H groups in total. The average Bonchev–Trinajstić information content (AvgIpc) is 2.54. The number of carboxylic acid groups (broad SMARTS) is 1. The summed E-state index contributed by atoms with van der Waals surface area (Å²) in [6.45, 7) is 1.03. The van der Waals surface area contributed by atoms with Crippen LogP contribution in [0.3, 0.4) is 0 Å². The summed E-state index contributed by atoms with van der Waals surface area (Å²) in [5, 5.41) is 9.02. The molecule has 4 nitrogen and oxygen atoms in total. The summed E-state index contributed by atoms with van der Waals surface area (Å²) in [7, 11) is 0. The quantitative estimate of drug-likeness (QED) is 0.895. The van der Waals surface area contributed by atoms with Crippen LogP contribution in [0.4, 0.5) is 8.78 Å². The minimum absolute atomic E-state index is 0.0104. The van der Waals surface area contributed by atoms with Crippen LogP contribution in [0.5, 0.6) is 0 Å².